The van der Waals surface area contributed by atoms with Crippen LogP contribution in [0.1, 0.15) is 25.0 Å². The Kier molecular flexibility index (Phi) is 5.82. The number of pyridine rings is 1. The molecule has 0 saturated carbocycles. The van der Waals surface area contributed by atoms with Crippen molar-refractivity contribution in [3.05, 3.63) is 127 Å². The van der Waals surface area contributed by atoms with Crippen LogP contribution in [0.5, 0.6) is 5.75 Å². The molecular formula is C33H26N2OS. The summed E-state index contributed by atoms with van der Waals surface area (Å²) in [6, 6.07) is 37.1. The van der Waals surface area contributed by atoms with Gasteiger partial charge in [-0.2, -0.15) is 0 Å². The smallest absolute Gasteiger partial charge is 0.128 e. The molecule has 3 nitrogen and oxygen atoms in total. The van der Waals surface area contributed by atoms with Gasteiger partial charge in [0.25, 0.3) is 0 Å². The summed E-state index contributed by atoms with van der Waals surface area (Å²) < 4.78 is 1.09. The van der Waals surface area contributed by atoms with Crippen LogP contribution in [0.2, 0.25) is 0 Å². The summed E-state index contributed by atoms with van der Waals surface area (Å²) in [5.74, 6) is 0.243. The number of phenols is 1. The second kappa shape index (κ2) is 9.30. The Hall–Kier alpha value is -4.28. The molecule has 0 aliphatic heterocycles. The van der Waals surface area contributed by atoms with Crippen molar-refractivity contribution in [1.82, 2.24) is 9.97 Å². The van der Waals surface area contributed by atoms with Crippen LogP contribution in [0.15, 0.2) is 115 Å². The third-order valence-corrected chi connectivity index (χ3v) is 8.03. The van der Waals surface area contributed by atoms with Crippen LogP contribution in [0.25, 0.3) is 43.2 Å². The van der Waals surface area contributed by atoms with Crippen molar-refractivity contribution >= 4 is 21.6 Å². The number of para-hydroxylation sites is 2. The maximum absolute atomic E-state index is 10.4. The molecule has 180 valence electrons. The van der Waals surface area contributed by atoms with Crippen molar-refractivity contribution in [2.45, 2.75) is 19.3 Å². The third-order valence-electron chi connectivity index (χ3n) is 6.98. The molecule has 0 aliphatic rings. The first kappa shape index (κ1) is 23.1. The summed E-state index contributed by atoms with van der Waals surface area (Å²) in [4.78, 5) is 9.67. The highest BCUT2D eigenvalue weighted by Gasteiger charge is 2.25. The van der Waals surface area contributed by atoms with Crippen LogP contribution in [0.4, 0.5) is 0 Å². The van der Waals surface area contributed by atoms with E-state index in [1.165, 1.54) is 11.1 Å². The van der Waals surface area contributed by atoms with Crippen molar-refractivity contribution in [3.63, 3.8) is 0 Å². The third kappa shape index (κ3) is 4.30. The molecule has 0 unspecified atom stereocenters. The van der Waals surface area contributed by atoms with E-state index in [0.717, 1.165) is 43.2 Å². The Morgan fingerprint density at radius 3 is 2.19 bits per heavy atom. The van der Waals surface area contributed by atoms with Crippen LogP contribution in [-0.4, -0.2) is 15.1 Å². The second-order valence-corrected chi connectivity index (χ2v) is 10.7. The quantitative estimate of drug-likeness (QED) is 0.258. The summed E-state index contributed by atoms with van der Waals surface area (Å²) in [6.07, 6.45) is 1.84. The summed E-state index contributed by atoms with van der Waals surface area (Å²) in [6.45, 7) is 4.53. The van der Waals surface area contributed by atoms with Gasteiger partial charge in [0, 0.05) is 22.7 Å². The van der Waals surface area contributed by atoms with E-state index >= 15 is 0 Å². The summed E-state index contributed by atoms with van der Waals surface area (Å²) in [5.41, 5.74) is 8.13. The van der Waals surface area contributed by atoms with Gasteiger partial charge >= 0.3 is 0 Å². The average molecular weight is 499 g/mol. The molecule has 0 aliphatic carbocycles. The molecule has 0 spiro atoms. The number of thiazole rings is 1. The van der Waals surface area contributed by atoms with Gasteiger partial charge in [-0.25, -0.2) is 4.98 Å². The Morgan fingerprint density at radius 1 is 0.676 bits per heavy atom. The molecule has 4 heteroatoms. The zero-order valence-corrected chi connectivity index (χ0v) is 21.5. The molecule has 2 aromatic heterocycles. The minimum Gasteiger partial charge on any atom is -0.507 e. The van der Waals surface area contributed by atoms with E-state index in [9.17, 15) is 5.11 Å². The molecular weight excluding hydrogens is 472 g/mol. The highest BCUT2D eigenvalue weighted by atomic mass is 32.1. The molecule has 37 heavy (non-hydrogen) atoms. The van der Waals surface area contributed by atoms with Gasteiger partial charge in [0.2, 0.25) is 0 Å². The second-order valence-electron chi connectivity index (χ2n) is 9.69. The van der Waals surface area contributed by atoms with Gasteiger partial charge in [-0.1, -0.05) is 80.6 Å². The fraction of sp³-hybridized carbons (Fsp3) is 0.0909. The lowest BCUT2D eigenvalue weighted by Crippen LogP contribution is -2.19. The largest absolute Gasteiger partial charge is 0.507 e. The molecule has 0 bridgehead atoms. The number of nitrogens with zero attached hydrogens (tertiary/aromatic N) is 2. The van der Waals surface area contributed by atoms with Crippen LogP contribution < -0.4 is 0 Å². The Labute approximate surface area is 220 Å². The number of hydrogen-bond acceptors (Lipinski definition) is 4. The van der Waals surface area contributed by atoms with Crippen molar-refractivity contribution in [2.75, 3.05) is 0 Å². The standard InChI is InChI=1S/C33H26N2OS/c1-33(2,24-11-4-3-5-12-24)25-20-22(19-23(21-25)28-15-8-9-18-34-28)26-14-10-17-30-31(26)35-32(37-30)27-13-6-7-16-29(27)36/h3-21,36H,1-2H3. The van der Waals surface area contributed by atoms with Crippen LogP contribution in [0, 0.1) is 0 Å². The molecule has 0 radical (unpaired) electrons. The molecule has 6 rings (SSSR count). The molecule has 0 saturated heterocycles. The maximum atomic E-state index is 10.4. The van der Waals surface area contributed by atoms with Crippen LogP contribution in [0.3, 0.4) is 0 Å². The van der Waals surface area contributed by atoms with E-state index in [-0.39, 0.29) is 11.2 Å². The van der Waals surface area contributed by atoms with Crippen molar-refractivity contribution in [2.24, 2.45) is 0 Å². The van der Waals surface area contributed by atoms with Crippen LogP contribution >= 0.6 is 11.3 Å². The lowest BCUT2D eigenvalue weighted by molar-refractivity contribution is 0.477. The van der Waals surface area contributed by atoms with E-state index < -0.39 is 0 Å². The number of rotatable bonds is 5. The lowest BCUT2D eigenvalue weighted by Gasteiger charge is -2.27. The van der Waals surface area contributed by atoms with Gasteiger partial charge in [0.15, 0.2) is 0 Å². The fourth-order valence-electron chi connectivity index (χ4n) is 4.80. The maximum Gasteiger partial charge on any atom is 0.128 e. The molecule has 0 fully saturated rings. The highest BCUT2D eigenvalue weighted by Crippen LogP contribution is 2.41. The predicted molar refractivity (Wildman–Crippen MR) is 154 cm³/mol. The van der Waals surface area contributed by atoms with E-state index in [0.29, 0.717) is 0 Å². The minimum atomic E-state index is -0.211. The van der Waals surface area contributed by atoms with Gasteiger partial charge < -0.3 is 5.11 Å². The lowest BCUT2D eigenvalue weighted by atomic mass is 9.76. The molecule has 0 atom stereocenters. The SMILES string of the molecule is CC(C)(c1ccccc1)c1cc(-c2ccccn2)cc(-c2cccc3sc(-c4ccccc4O)nc23)c1. The summed E-state index contributed by atoms with van der Waals surface area (Å²) in [5, 5.41) is 11.2. The molecule has 4 aromatic carbocycles. The van der Waals surface area contributed by atoms with E-state index in [4.69, 9.17) is 4.98 Å². The minimum absolute atomic E-state index is 0.211. The number of fused-ring (bicyclic) bond motifs is 1. The first-order valence-electron chi connectivity index (χ1n) is 12.3. The average Bonchev–Trinajstić information content (AvgIpc) is 3.38. The zero-order valence-electron chi connectivity index (χ0n) is 20.7. The van der Waals surface area contributed by atoms with E-state index in [2.05, 4.69) is 91.6 Å². The number of aromatic hydroxyl groups is 1. The fourth-order valence-corrected chi connectivity index (χ4v) is 5.82. The van der Waals surface area contributed by atoms with Gasteiger partial charge in [0.05, 0.1) is 21.5 Å². The van der Waals surface area contributed by atoms with Crippen molar-refractivity contribution in [3.8, 4) is 38.7 Å². The molecule has 6 aromatic rings. The number of benzene rings is 4. The first-order valence-corrected chi connectivity index (χ1v) is 13.1. The number of hydrogen-bond donors (Lipinski definition) is 1. The monoisotopic (exact) mass is 498 g/mol. The first-order chi connectivity index (χ1) is 18.0. The molecule has 2 heterocycles. The topological polar surface area (TPSA) is 46.0 Å². The Bertz CT molecular complexity index is 1710. The Balaban J connectivity index is 1.57. The highest BCUT2D eigenvalue weighted by molar-refractivity contribution is 7.21. The zero-order chi connectivity index (χ0) is 25.4. The van der Waals surface area contributed by atoms with Gasteiger partial charge in [-0.15, -0.1) is 11.3 Å². The number of aromatic nitrogens is 2. The predicted octanol–water partition coefficient (Wildman–Crippen LogP) is 8.72. The van der Waals surface area contributed by atoms with E-state index in [1.807, 2.05) is 36.5 Å². The molecule has 1 N–H and O–H groups in total. The Morgan fingerprint density at radius 2 is 1.41 bits per heavy atom. The van der Waals surface area contributed by atoms with Crippen molar-refractivity contribution < 1.29 is 5.11 Å². The van der Waals surface area contributed by atoms with Gasteiger partial charge in [0.1, 0.15) is 10.8 Å². The summed E-state index contributed by atoms with van der Waals surface area (Å²) in [7, 11) is 0. The van der Waals surface area contributed by atoms with Gasteiger partial charge in [-0.3, -0.25) is 4.98 Å². The normalized spacial score (nSPS) is 11.6. The number of phenolic OH excluding ortho intramolecular Hbond substituents is 1. The molecule has 0 amide bonds. The van der Waals surface area contributed by atoms with Crippen LogP contribution in [-0.2, 0) is 5.41 Å². The van der Waals surface area contributed by atoms with Gasteiger partial charge in [-0.05, 0) is 59.2 Å². The van der Waals surface area contributed by atoms with Crippen molar-refractivity contribution in [1.29, 1.82) is 0 Å². The summed E-state index contributed by atoms with van der Waals surface area (Å²) >= 11 is 1.60. The van der Waals surface area contributed by atoms with E-state index in [1.54, 1.807) is 17.4 Å².